The van der Waals surface area contributed by atoms with Gasteiger partial charge in [0.2, 0.25) is 5.89 Å². The Balaban J connectivity index is 2.25. The van der Waals surface area contributed by atoms with Crippen molar-refractivity contribution in [2.75, 3.05) is 39.5 Å². The van der Waals surface area contributed by atoms with Gasteiger partial charge in [0.05, 0.1) is 17.7 Å². The molecule has 0 aliphatic rings. The number of carbonyl (C=O) groups is 2. The Morgan fingerprint density at radius 1 is 0.947 bits per heavy atom. The summed E-state index contributed by atoms with van der Waals surface area (Å²) in [6.45, 7) is 4.95. The number of oxazole rings is 1. The van der Waals surface area contributed by atoms with Crippen LogP contribution in [0.15, 0.2) is 28.9 Å². The maximum atomic E-state index is 13.3. The number of ether oxygens (including phenoxy) is 2. The molecule has 0 saturated heterocycles. The van der Waals surface area contributed by atoms with E-state index >= 15 is 0 Å². The minimum Gasteiger partial charge on any atom is -0.446 e. The van der Waals surface area contributed by atoms with E-state index in [4.69, 9.17) is 13.9 Å². The maximum absolute atomic E-state index is 13.3. The molecule has 2 rings (SSSR count). The maximum Gasteiger partial charge on any atom is 0.416 e. The first kappa shape index (κ1) is 31.1. The molecule has 0 aliphatic carbocycles. The summed E-state index contributed by atoms with van der Waals surface area (Å²) in [5.74, 6) is -1.78. The summed E-state index contributed by atoms with van der Waals surface area (Å²) in [5.41, 5.74) is -4.12. The van der Waals surface area contributed by atoms with Gasteiger partial charge in [0.15, 0.2) is 5.69 Å². The van der Waals surface area contributed by atoms with E-state index in [1.807, 2.05) is 6.92 Å². The lowest BCUT2D eigenvalue weighted by molar-refractivity contribution is -0.143. The first-order valence-corrected chi connectivity index (χ1v) is 11.8. The first-order valence-electron chi connectivity index (χ1n) is 11.8. The third-order valence-electron chi connectivity index (χ3n) is 5.11. The molecule has 1 aromatic carbocycles. The number of rotatable bonds is 14. The van der Waals surface area contributed by atoms with E-state index in [9.17, 15) is 35.9 Å². The normalized spacial score (nSPS) is 12.0. The number of aromatic nitrogens is 1. The summed E-state index contributed by atoms with van der Waals surface area (Å²) in [6.07, 6.45) is -8.38. The highest BCUT2D eigenvalue weighted by Crippen LogP contribution is 2.36. The minimum absolute atomic E-state index is 0.0520. The van der Waals surface area contributed by atoms with Crippen LogP contribution in [0, 0.1) is 0 Å². The Bertz CT molecular complexity index is 1020. The number of hydrogen-bond donors (Lipinski definition) is 1. The molecule has 8 nitrogen and oxygen atoms in total. The Morgan fingerprint density at radius 2 is 1.53 bits per heavy atom. The molecule has 2 aromatic rings. The molecule has 2 amide bonds. The molecule has 14 heteroatoms. The van der Waals surface area contributed by atoms with E-state index in [2.05, 4.69) is 10.3 Å². The van der Waals surface area contributed by atoms with Gasteiger partial charge in [-0.1, -0.05) is 0 Å². The fourth-order valence-electron chi connectivity index (χ4n) is 3.28. The van der Waals surface area contributed by atoms with Gasteiger partial charge in [-0.2, -0.15) is 26.3 Å². The fraction of sp³-hybridized carbons (Fsp3) is 0.542. The third-order valence-corrected chi connectivity index (χ3v) is 5.11. The summed E-state index contributed by atoms with van der Waals surface area (Å²) in [4.78, 5) is 30.4. The monoisotopic (exact) mass is 553 g/mol. The van der Waals surface area contributed by atoms with E-state index in [1.165, 1.54) is 0 Å². The Morgan fingerprint density at radius 3 is 2.08 bits per heavy atom. The number of hydrogen-bond acceptors (Lipinski definition) is 6. The van der Waals surface area contributed by atoms with Crippen molar-refractivity contribution >= 4 is 11.8 Å². The largest absolute Gasteiger partial charge is 0.446 e. The lowest BCUT2D eigenvalue weighted by Gasteiger charge is -2.22. The molecule has 0 bridgehead atoms. The molecule has 0 atom stereocenters. The lowest BCUT2D eigenvalue weighted by Crippen LogP contribution is -2.33. The molecule has 0 spiro atoms. The van der Waals surface area contributed by atoms with Crippen LogP contribution < -0.4 is 5.32 Å². The molecular weight excluding hydrogens is 524 g/mol. The van der Waals surface area contributed by atoms with Gasteiger partial charge in [0, 0.05) is 45.1 Å². The van der Waals surface area contributed by atoms with Gasteiger partial charge >= 0.3 is 12.4 Å². The topological polar surface area (TPSA) is 93.9 Å². The van der Waals surface area contributed by atoms with Crippen LogP contribution in [0.25, 0.3) is 0 Å². The number of benzene rings is 1. The van der Waals surface area contributed by atoms with Crippen molar-refractivity contribution in [2.24, 2.45) is 0 Å². The highest BCUT2D eigenvalue weighted by molar-refractivity contribution is 5.95. The van der Waals surface area contributed by atoms with Gasteiger partial charge in [-0.25, -0.2) is 4.98 Å². The van der Waals surface area contributed by atoms with Crippen molar-refractivity contribution in [1.29, 1.82) is 0 Å². The average molecular weight is 554 g/mol. The van der Waals surface area contributed by atoms with Gasteiger partial charge in [-0.15, -0.1) is 0 Å². The van der Waals surface area contributed by atoms with Crippen LogP contribution in [0.5, 0.6) is 0 Å². The lowest BCUT2D eigenvalue weighted by atomic mass is 10.0. The Hall–Kier alpha value is -3.13. The number of alkyl halides is 6. The predicted octanol–water partition coefficient (Wildman–Crippen LogP) is 4.94. The zero-order chi connectivity index (χ0) is 28.3. The van der Waals surface area contributed by atoms with E-state index in [0.29, 0.717) is 44.9 Å². The zero-order valence-corrected chi connectivity index (χ0v) is 20.9. The molecule has 0 aliphatic heterocycles. The van der Waals surface area contributed by atoms with Crippen LogP contribution in [-0.4, -0.2) is 61.2 Å². The Kier molecular flexibility index (Phi) is 11.6. The number of nitrogens with one attached hydrogen (secondary N) is 1. The minimum atomic E-state index is -5.11. The fourth-order valence-corrected chi connectivity index (χ4v) is 3.28. The highest BCUT2D eigenvalue weighted by Gasteiger charge is 2.38. The number of amides is 2. The van der Waals surface area contributed by atoms with Crippen LogP contribution in [0.3, 0.4) is 0 Å². The second-order valence-corrected chi connectivity index (χ2v) is 8.00. The average Bonchev–Trinajstić information content (AvgIpc) is 3.32. The summed E-state index contributed by atoms with van der Waals surface area (Å²) >= 11 is 0. The standard InChI is InChI=1S/C24H29F6N3O5/c1-3-36-9-5-7-31-21(34)19-15-38-20(32-19)14-33(8-6-10-37-4-2)22(35)16-11-17(23(25,26)27)13-18(12-16)24(28,29)30/h11-13,15H,3-10,14H2,1-2H3,(H,31,34). The second kappa shape index (κ2) is 14.1. The molecule has 0 fully saturated rings. The summed E-state index contributed by atoms with van der Waals surface area (Å²) in [6, 6.07) is 0.678. The Labute approximate surface area is 215 Å². The van der Waals surface area contributed by atoms with Crippen molar-refractivity contribution in [1.82, 2.24) is 15.2 Å². The molecule has 0 radical (unpaired) electrons. The van der Waals surface area contributed by atoms with Crippen molar-refractivity contribution in [3.8, 4) is 0 Å². The van der Waals surface area contributed by atoms with Crippen molar-refractivity contribution in [3.05, 3.63) is 52.7 Å². The van der Waals surface area contributed by atoms with Crippen LogP contribution in [-0.2, 0) is 28.4 Å². The van der Waals surface area contributed by atoms with Gasteiger partial charge in [-0.3, -0.25) is 9.59 Å². The molecule has 212 valence electrons. The van der Waals surface area contributed by atoms with Gasteiger partial charge < -0.3 is 24.1 Å². The van der Waals surface area contributed by atoms with Crippen LogP contribution in [0.1, 0.15) is 64.6 Å². The molecule has 0 saturated carbocycles. The van der Waals surface area contributed by atoms with Crippen LogP contribution in [0.2, 0.25) is 0 Å². The number of carbonyl (C=O) groups excluding carboxylic acids is 2. The molecular formula is C24H29F6N3O5. The van der Waals surface area contributed by atoms with Crippen LogP contribution >= 0.6 is 0 Å². The zero-order valence-electron chi connectivity index (χ0n) is 20.9. The highest BCUT2D eigenvalue weighted by atomic mass is 19.4. The van der Waals surface area contributed by atoms with Gasteiger partial charge in [0.1, 0.15) is 6.26 Å². The van der Waals surface area contributed by atoms with E-state index < -0.39 is 47.4 Å². The van der Waals surface area contributed by atoms with Gasteiger partial charge in [0.25, 0.3) is 11.8 Å². The van der Waals surface area contributed by atoms with Gasteiger partial charge in [-0.05, 0) is 44.9 Å². The quantitative estimate of drug-likeness (QED) is 0.263. The smallest absolute Gasteiger partial charge is 0.416 e. The molecule has 1 heterocycles. The molecule has 38 heavy (non-hydrogen) atoms. The summed E-state index contributed by atoms with van der Waals surface area (Å²) in [5, 5.41) is 2.61. The van der Waals surface area contributed by atoms with E-state index in [0.717, 1.165) is 11.2 Å². The van der Waals surface area contributed by atoms with Crippen molar-refractivity contribution in [3.63, 3.8) is 0 Å². The molecule has 0 unspecified atom stereocenters. The van der Waals surface area contributed by atoms with Crippen molar-refractivity contribution in [2.45, 2.75) is 45.6 Å². The first-order chi connectivity index (χ1) is 17.9. The summed E-state index contributed by atoms with van der Waals surface area (Å²) < 4.78 is 95.3. The molecule has 1 aromatic heterocycles. The van der Waals surface area contributed by atoms with E-state index in [-0.39, 0.29) is 37.2 Å². The van der Waals surface area contributed by atoms with E-state index in [1.54, 1.807) is 6.92 Å². The third kappa shape index (κ3) is 9.63. The number of halogens is 6. The van der Waals surface area contributed by atoms with Crippen LogP contribution in [0.4, 0.5) is 26.3 Å². The molecule has 1 N–H and O–H groups in total. The van der Waals surface area contributed by atoms with Crippen molar-refractivity contribution < 1.29 is 49.8 Å². The summed E-state index contributed by atoms with van der Waals surface area (Å²) in [7, 11) is 0. The predicted molar refractivity (Wildman–Crippen MR) is 122 cm³/mol. The second-order valence-electron chi connectivity index (χ2n) is 8.00. The SMILES string of the molecule is CCOCCCNC(=O)c1coc(CN(CCCOCC)C(=O)c2cc(C(F)(F)F)cc(C(F)(F)F)c2)n1. The number of nitrogens with zero attached hydrogens (tertiary/aromatic N) is 2.